The molecule has 2 aromatic rings. The van der Waals surface area contributed by atoms with E-state index in [4.69, 9.17) is 0 Å². The van der Waals surface area contributed by atoms with Crippen LogP contribution in [0.15, 0.2) is 54.6 Å². The van der Waals surface area contributed by atoms with Gasteiger partial charge in [0.15, 0.2) is 0 Å². The number of non-ortho nitro benzene ring substituents is 1. The molecule has 1 N–H and O–H groups in total. The number of hydrogen-bond donors (Lipinski definition) is 1. The van der Waals surface area contributed by atoms with Gasteiger partial charge in [0.25, 0.3) is 5.69 Å². The molecule has 0 bridgehead atoms. The van der Waals surface area contributed by atoms with E-state index in [1.807, 2.05) is 18.2 Å². The number of piperidine rings is 1. The van der Waals surface area contributed by atoms with E-state index >= 15 is 0 Å². The highest BCUT2D eigenvalue weighted by molar-refractivity contribution is 5.85. The lowest BCUT2D eigenvalue weighted by Crippen LogP contribution is -2.45. The molecule has 1 aliphatic heterocycles. The summed E-state index contributed by atoms with van der Waals surface area (Å²) in [4.78, 5) is 12.9. The maximum Gasteiger partial charge on any atom is 0.269 e. The molecule has 0 spiro atoms. The summed E-state index contributed by atoms with van der Waals surface area (Å²) in [6, 6.07) is 17.8. The lowest BCUT2D eigenvalue weighted by atomic mass is 9.93. The van der Waals surface area contributed by atoms with Crippen LogP contribution in [0.1, 0.15) is 18.9 Å². The molecule has 5 nitrogen and oxygen atoms in total. The highest BCUT2D eigenvalue weighted by atomic mass is 35.5. The van der Waals surface area contributed by atoms with Crippen molar-refractivity contribution in [2.45, 2.75) is 25.8 Å². The quantitative estimate of drug-likeness (QED) is 0.601. The zero-order valence-corrected chi connectivity index (χ0v) is 15.8. The average molecular weight is 376 g/mol. The highest BCUT2D eigenvalue weighted by Crippen LogP contribution is 2.21. The summed E-state index contributed by atoms with van der Waals surface area (Å²) in [7, 11) is 0. The number of likely N-dealkylation sites (tertiary alicyclic amines) is 1. The Labute approximate surface area is 161 Å². The Bertz CT molecular complexity index is 694. The van der Waals surface area contributed by atoms with E-state index in [2.05, 4.69) is 41.4 Å². The maximum absolute atomic E-state index is 10.7. The van der Waals surface area contributed by atoms with Crippen molar-refractivity contribution >= 4 is 23.8 Å². The van der Waals surface area contributed by atoms with Crippen molar-refractivity contribution in [3.63, 3.8) is 0 Å². The molecule has 0 amide bonds. The summed E-state index contributed by atoms with van der Waals surface area (Å²) in [5, 5.41) is 14.4. The molecule has 1 saturated heterocycles. The smallest absolute Gasteiger partial charge is 0.269 e. The monoisotopic (exact) mass is 375 g/mol. The predicted octanol–water partition coefficient (Wildman–Crippen LogP) is 4.38. The SMILES string of the molecule is CC1CN(CCc2ccc([N+](=O)[O-])cc2)CCC1Nc1ccccc1.Cl. The van der Waals surface area contributed by atoms with Gasteiger partial charge in [-0.2, -0.15) is 0 Å². The first-order valence-corrected chi connectivity index (χ1v) is 8.89. The van der Waals surface area contributed by atoms with Gasteiger partial charge >= 0.3 is 0 Å². The Morgan fingerprint density at radius 1 is 1.15 bits per heavy atom. The fourth-order valence-corrected chi connectivity index (χ4v) is 3.47. The van der Waals surface area contributed by atoms with Crippen molar-refractivity contribution in [1.29, 1.82) is 0 Å². The minimum Gasteiger partial charge on any atom is -0.382 e. The van der Waals surface area contributed by atoms with E-state index in [0.29, 0.717) is 12.0 Å². The van der Waals surface area contributed by atoms with Crippen molar-refractivity contribution in [2.24, 2.45) is 5.92 Å². The summed E-state index contributed by atoms with van der Waals surface area (Å²) in [5.41, 5.74) is 2.51. The summed E-state index contributed by atoms with van der Waals surface area (Å²) >= 11 is 0. The molecule has 1 aliphatic rings. The van der Waals surface area contributed by atoms with Gasteiger partial charge in [-0.25, -0.2) is 0 Å². The van der Waals surface area contributed by atoms with Crippen molar-refractivity contribution in [2.75, 3.05) is 25.0 Å². The van der Waals surface area contributed by atoms with Crippen LogP contribution in [-0.2, 0) is 6.42 Å². The molecule has 6 heteroatoms. The molecule has 140 valence electrons. The number of anilines is 1. The van der Waals surface area contributed by atoms with Crippen LogP contribution in [0.3, 0.4) is 0 Å². The van der Waals surface area contributed by atoms with Crippen molar-refractivity contribution in [3.05, 3.63) is 70.3 Å². The summed E-state index contributed by atoms with van der Waals surface area (Å²) in [5.74, 6) is 0.589. The molecule has 0 aromatic heterocycles. The third kappa shape index (κ3) is 5.44. The molecular formula is C20H26ClN3O2. The molecule has 2 aromatic carbocycles. The van der Waals surface area contributed by atoms with E-state index in [1.165, 1.54) is 5.69 Å². The Hall–Kier alpha value is -2.11. The summed E-state index contributed by atoms with van der Waals surface area (Å²) < 4.78 is 0. The fraction of sp³-hybridized carbons (Fsp3) is 0.400. The second-order valence-corrected chi connectivity index (χ2v) is 6.86. The number of nitrogens with zero attached hydrogens (tertiary/aromatic N) is 2. The van der Waals surface area contributed by atoms with Gasteiger partial charge in [-0.05, 0) is 36.5 Å². The van der Waals surface area contributed by atoms with Crippen molar-refractivity contribution in [3.8, 4) is 0 Å². The third-order valence-corrected chi connectivity index (χ3v) is 4.98. The zero-order valence-electron chi connectivity index (χ0n) is 15.0. The summed E-state index contributed by atoms with van der Waals surface area (Å²) in [6.45, 7) is 5.47. The normalized spacial score (nSPS) is 20.2. The molecule has 26 heavy (non-hydrogen) atoms. The van der Waals surface area contributed by atoms with Crippen molar-refractivity contribution in [1.82, 2.24) is 4.90 Å². The first-order chi connectivity index (χ1) is 12.1. The standard InChI is InChI=1S/C20H25N3O2.ClH/c1-16-15-22(13-11-17-7-9-19(10-8-17)23(24)25)14-12-20(16)21-18-5-3-2-4-6-18;/h2-10,16,20-21H,11-15H2,1H3;1H. The van der Waals surface area contributed by atoms with E-state index < -0.39 is 0 Å². The highest BCUT2D eigenvalue weighted by Gasteiger charge is 2.25. The van der Waals surface area contributed by atoms with Gasteiger partial charge in [0.05, 0.1) is 4.92 Å². The number of hydrogen-bond acceptors (Lipinski definition) is 4. The maximum atomic E-state index is 10.7. The molecular weight excluding hydrogens is 350 g/mol. The van der Waals surface area contributed by atoms with E-state index in [1.54, 1.807) is 12.1 Å². The Kier molecular flexibility index (Phi) is 7.42. The predicted molar refractivity (Wildman–Crippen MR) is 108 cm³/mol. The van der Waals surface area contributed by atoms with Gasteiger partial charge in [-0.3, -0.25) is 10.1 Å². The number of rotatable bonds is 6. The average Bonchev–Trinajstić information content (AvgIpc) is 2.63. The zero-order chi connectivity index (χ0) is 17.6. The molecule has 0 radical (unpaired) electrons. The third-order valence-electron chi connectivity index (χ3n) is 4.98. The Balaban J connectivity index is 0.00000243. The number of nitrogens with one attached hydrogen (secondary N) is 1. The fourth-order valence-electron chi connectivity index (χ4n) is 3.47. The van der Waals surface area contributed by atoms with Gasteiger partial charge in [0.1, 0.15) is 0 Å². The van der Waals surface area contributed by atoms with Crippen LogP contribution in [0.2, 0.25) is 0 Å². The van der Waals surface area contributed by atoms with Gasteiger partial charge in [-0.1, -0.05) is 37.3 Å². The number of nitro groups is 1. The lowest BCUT2D eigenvalue weighted by molar-refractivity contribution is -0.384. The minimum absolute atomic E-state index is 0. The topological polar surface area (TPSA) is 58.4 Å². The van der Waals surface area contributed by atoms with Crippen LogP contribution in [0.4, 0.5) is 11.4 Å². The number of para-hydroxylation sites is 1. The second kappa shape index (κ2) is 9.55. The second-order valence-electron chi connectivity index (χ2n) is 6.86. The van der Waals surface area contributed by atoms with Crippen LogP contribution in [0.5, 0.6) is 0 Å². The largest absolute Gasteiger partial charge is 0.382 e. The Morgan fingerprint density at radius 3 is 2.46 bits per heavy atom. The summed E-state index contributed by atoms with van der Waals surface area (Å²) in [6.07, 6.45) is 2.07. The molecule has 1 fully saturated rings. The first kappa shape index (κ1) is 20.2. The first-order valence-electron chi connectivity index (χ1n) is 8.89. The van der Waals surface area contributed by atoms with Gasteiger partial charge in [-0.15, -0.1) is 12.4 Å². The van der Waals surface area contributed by atoms with Gasteiger partial charge < -0.3 is 10.2 Å². The van der Waals surface area contributed by atoms with E-state index in [0.717, 1.165) is 38.0 Å². The molecule has 1 heterocycles. The van der Waals surface area contributed by atoms with Crippen LogP contribution < -0.4 is 5.32 Å². The van der Waals surface area contributed by atoms with Crippen LogP contribution in [-0.4, -0.2) is 35.5 Å². The number of halogens is 1. The molecule has 2 atom stereocenters. The lowest BCUT2D eigenvalue weighted by Gasteiger charge is -2.37. The van der Waals surface area contributed by atoms with Crippen LogP contribution in [0.25, 0.3) is 0 Å². The minimum atomic E-state index is -0.351. The number of benzene rings is 2. The van der Waals surface area contributed by atoms with Crippen LogP contribution in [0, 0.1) is 16.0 Å². The van der Waals surface area contributed by atoms with Gasteiger partial charge in [0.2, 0.25) is 0 Å². The van der Waals surface area contributed by atoms with E-state index in [9.17, 15) is 10.1 Å². The molecule has 2 unspecified atom stereocenters. The molecule has 3 rings (SSSR count). The van der Waals surface area contributed by atoms with Crippen LogP contribution >= 0.6 is 12.4 Å². The molecule has 0 saturated carbocycles. The van der Waals surface area contributed by atoms with Gasteiger partial charge in [0, 0.05) is 43.5 Å². The van der Waals surface area contributed by atoms with Crippen molar-refractivity contribution < 1.29 is 4.92 Å². The molecule has 0 aliphatic carbocycles. The Morgan fingerprint density at radius 2 is 1.85 bits per heavy atom. The number of nitro benzene ring substituents is 1. The van der Waals surface area contributed by atoms with E-state index in [-0.39, 0.29) is 23.0 Å².